The normalized spacial score (nSPS) is 12.4. The Morgan fingerprint density at radius 2 is 2.00 bits per heavy atom. The first-order chi connectivity index (χ1) is 10.1. The quantitative estimate of drug-likeness (QED) is 0.886. The van der Waals surface area contributed by atoms with E-state index in [1.807, 2.05) is 37.5 Å². The van der Waals surface area contributed by atoms with E-state index in [1.54, 1.807) is 16.2 Å². The van der Waals surface area contributed by atoms with Gasteiger partial charge in [0.05, 0.1) is 13.7 Å². The summed E-state index contributed by atoms with van der Waals surface area (Å²) < 4.78 is 8.80. The number of methoxy groups -OCH3 is 1. The number of imidazole rings is 1. The van der Waals surface area contributed by atoms with Crippen molar-refractivity contribution in [3.8, 4) is 5.75 Å². The van der Waals surface area contributed by atoms with Gasteiger partial charge in [-0.3, -0.25) is 9.13 Å². The molecular weight excluding hydrogens is 266 g/mol. The predicted octanol–water partition coefficient (Wildman–Crippen LogP) is 2.14. The summed E-state index contributed by atoms with van der Waals surface area (Å²) in [6, 6.07) is 5.82. The number of nitrogens with zero attached hydrogens (tertiary/aromatic N) is 2. The number of aryl methyl sites for hydroxylation is 1. The Bertz CT molecular complexity index is 656. The first kappa shape index (κ1) is 15.4. The van der Waals surface area contributed by atoms with Gasteiger partial charge in [-0.2, -0.15) is 0 Å². The van der Waals surface area contributed by atoms with Crippen molar-refractivity contribution in [2.45, 2.75) is 39.4 Å². The highest BCUT2D eigenvalue weighted by molar-refractivity contribution is 5.38. The van der Waals surface area contributed by atoms with Crippen molar-refractivity contribution in [3.05, 3.63) is 52.2 Å². The second kappa shape index (κ2) is 6.63. The van der Waals surface area contributed by atoms with Crippen LogP contribution in [0.2, 0.25) is 0 Å². The lowest BCUT2D eigenvalue weighted by molar-refractivity contribution is 0.407. The lowest BCUT2D eigenvalue weighted by Crippen LogP contribution is -2.24. The van der Waals surface area contributed by atoms with Crippen molar-refractivity contribution in [1.29, 1.82) is 0 Å². The zero-order valence-electron chi connectivity index (χ0n) is 12.9. The number of rotatable bonds is 6. The molecule has 2 N–H and O–H groups in total. The molecule has 2 rings (SSSR count). The fourth-order valence-electron chi connectivity index (χ4n) is 2.37. The third kappa shape index (κ3) is 3.36. The highest BCUT2D eigenvalue weighted by Gasteiger charge is 2.10. The molecule has 0 saturated carbocycles. The van der Waals surface area contributed by atoms with E-state index in [0.717, 1.165) is 29.8 Å². The van der Waals surface area contributed by atoms with Gasteiger partial charge in [-0.05, 0) is 31.0 Å². The molecule has 1 atom stereocenters. The molecule has 0 amide bonds. The van der Waals surface area contributed by atoms with Crippen LogP contribution in [0.3, 0.4) is 0 Å². The van der Waals surface area contributed by atoms with Crippen LogP contribution in [-0.2, 0) is 13.1 Å². The van der Waals surface area contributed by atoms with Gasteiger partial charge in [-0.15, -0.1) is 0 Å². The standard InChI is InChI=1S/C16H23N3O2/c1-4-7-18-8-9-19(16(18)20)11-14-10-13(12(2)17)5-6-15(14)21-3/h5-6,8-10,12H,4,7,11,17H2,1-3H3. The van der Waals surface area contributed by atoms with E-state index in [4.69, 9.17) is 10.5 Å². The van der Waals surface area contributed by atoms with Crippen molar-refractivity contribution in [1.82, 2.24) is 9.13 Å². The summed E-state index contributed by atoms with van der Waals surface area (Å²) in [6.07, 6.45) is 4.58. The molecular formula is C16H23N3O2. The Labute approximate surface area is 125 Å². The van der Waals surface area contributed by atoms with Gasteiger partial charge >= 0.3 is 5.69 Å². The highest BCUT2D eigenvalue weighted by atomic mass is 16.5. The number of benzene rings is 1. The summed E-state index contributed by atoms with van der Waals surface area (Å²) in [6.45, 7) is 5.22. The maximum absolute atomic E-state index is 12.2. The number of hydrogen-bond donors (Lipinski definition) is 1. The van der Waals surface area contributed by atoms with Gasteiger partial charge in [0.2, 0.25) is 0 Å². The van der Waals surface area contributed by atoms with Gasteiger partial charge in [0.15, 0.2) is 0 Å². The molecule has 5 nitrogen and oxygen atoms in total. The minimum absolute atomic E-state index is 0.00473. The van der Waals surface area contributed by atoms with E-state index < -0.39 is 0 Å². The van der Waals surface area contributed by atoms with Crippen LogP contribution in [0, 0.1) is 0 Å². The van der Waals surface area contributed by atoms with Gasteiger partial charge in [-0.25, -0.2) is 4.79 Å². The highest BCUT2D eigenvalue weighted by Crippen LogP contribution is 2.23. The predicted molar refractivity (Wildman–Crippen MR) is 83.7 cm³/mol. The first-order valence-corrected chi connectivity index (χ1v) is 7.24. The van der Waals surface area contributed by atoms with Gasteiger partial charge < -0.3 is 10.5 Å². The Kier molecular flexibility index (Phi) is 4.85. The van der Waals surface area contributed by atoms with E-state index in [9.17, 15) is 4.79 Å². The number of hydrogen-bond acceptors (Lipinski definition) is 3. The second-order valence-corrected chi connectivity index (χ2v) is 5.26. The van der Waals surface area contributed by atoms with Crippen molar-refractivity contribution in [2.75, 3.05) is 7.11 Å². The summed E-state index contributed by atoms with van der Waals surface area (Å²) in [5.74, 6) is 0.773. The maximum atomic E-state index is 12.2. The Morgan fingerprint density at radius 3 is 2.62 bits per heavy atom. The number of nitrogens with two attached hydrogens (primary N) is 1. The molecule has 1 unspecified atom stereocenters. The van der Waals surface area contributed by atoms with Crippen LogP contribution < -0.4 is 16.2 Å². The molecule has 1 aromatic heterocycles. The second-order valence-electron chi connectivity index (χ2n) is 5.26. The Morgan fingerprint density at radius 1 is 1.29 bits per heavy atom. The van der Waals surface area contributed by atoms with Gasteiger partial charge in [0, 0.05) is 30.5 Å². The van der Waals surface area contributed by atoms with Crippen LogP contribution >= 0.6 is 0 Å². The third-order valence-electron chi connectivity index (χ3n) is 3.55. The van der Waals surface area contributed by atoms with Crippen LogP contribution in [0.5, 0.6) is 5.75 Å². The van der Waals surface area contributed by atoms with Crippen LogP contribution in [0.15, 0.2) is 35.4 Å². The minimum atomic E-state index is -0.0453. The summed E-state index contributed by atoms with van der Waals surface area (Å²) in [4.78, 5) is 12.2. The summed E-state index contributed by atoms with van der Waals surface area (Å²) >= 11 is 0. The SMILES string of the molecule is CCCn1ccn(Cc2cc(C(C)N)ccc2OC)c1=O. The van der Waals surface area contributed by atoms with Crippen molar-refractivity contribution < 1.29 is 4.74 Å². The molecule has 0 aliphatic carbocycles. The van der Waals surface area contributed by atoms with Gasteiger partial charge in [-0.1, -0.05) is 13.0 Å². The van der Waals surface area contributed by atoms with Crippen molar-refractivity contribution in [3.63, 3.8) is 0 Å². The molecule has 0 aliphatic heterocycles. The molecule has 1 aromatic carbocycles. The maximum Gasteiger partial charge on any atom is 0.328 e. The topological polar surface area (TPSA) is 62.2 Å². The number of aromatic nitrogens is 2. The smallest absolute Gasteiger partial charge is 0.328 e. The summed E-state index contributed by atoms with van der Waals surface area (Å²) in [7, 11) is 1.63. The molecule has 0 spiro atoms. The molecule has 0 bridgehead atoms. The number of ether oxygens (including phenoxy) is 1. The first-order valence-electron chi connectivity index (χ1n) is 7.24. The largest absolute Gasteiger partial charge is 0.496 e. The molecule has 1 heterocycles. The van der Waals surface area contributed by atoms with Crippen molar-refractivity contribution >= 4 is 0 Å². The average Bonchev–Trinajstić information content (AvgIpc) is 2.80. The zero-order chi connectivity index (χ0) is 15.4. The third-order valence-corrected chi connectivity index (χ3v) is 3.55. The van der Waals surface area contributed by atoms with Crippen LogP contribution in [0.4, 0.5) is 0 Å². The minimum Gasteiger partial charge on any atom is -0.496 e. The summed E-state index contributed by atoms with van der Waals surface area (Å²) in [5, 5.41) is 0. The fourth-order valence-corrected chi connectivity index (χ4v) is 2.37. The molecule has 0 aliphatic rings. The molecule has 0 radical (unpaired) electrons. The molecule has 2 aromatic rings. The van der Waals surface area contributed by atoms with Crippen LogP contribution in [-0.4, -0.2) is 16.2 Å². The molecule has 5 heteroatoms. The molecule has 114 valence electrons. The van der Waals surface area contributed by atoms with E-state index in [2.05, 4.69) is 6.92 Å². The average molecular weight is 289 g/mol. The fraction of sp³-hybridized carbons (Fsp3) is 0.438. The molecule has 0 fully saturated rings. The zero-order valence-corrected chi connectivity index (χ0v) is 12.9. The lowest BCUT2D eigenvalue weighted by atomic mass is 10.0. The Hall–Kier alpha value is -2.01. The van der Waals surface area contributed by atoms with E-state index in [0.29, 0.717) is 6.54 Å². The van der Waals surface area contributed by atoms with Crippen LogP contribution in [0.1, 0.15) is 37.4 Å². The van der Waals surface area contributed by atoms with E-state index in [1.165, 1.54) is 0 Å². The van der Waals surface area contributed by atoms with E-state index >= 15 is 0 Å². The molecule has 21 heavy (non-hydrogen) atoms. The van der Waals surface area contributed by atoms with E-state index in [-0.39, 0.29) is 11.7 Å². The van der Waals surface area contributed by atoms with Gasteiger partial charge in [0.1, 0.15) is 5.75 Å². The van der Waals surface area contributed by atoms with Crippen molar-refractivity contribution in [2.24, 2.45) is 5.73 Å². The Balaban J connectivity index is 2.34. The summed E-state index contributed by atoms with van der Waals surface area (Å²) in [5.41, 5.74) is 7.93. The van der Waals surface area contributed by atoms with Crippen LogP contribution in [0.25, 0.3) is 0 Å². The monoisotopic (exact) mass is 289 g/mol. The molecule has 0 saturated heterocycles. The lowest BCUT2D eigenvalue weighted by Gasteiger charge is -2.13. The van der Waals surface area contributed by atoms with Gasteiger partial charge in [0.25, 0.3) is 0 Å².